The van der Waals surface area contributed by atoms with Gasteiger partial charge in [-0.2, -0.15) is 0 Å². The Bertz CT molecular complexity index is 1680. The van der Waals surface area contributed by atoms with E-state index in [-0.39, 0.29) is 12.5 Å². The van der Waals surface area contributed by atoms with Crippen molar-refractivity contribution in [1.29, 1.82) is 0 Å². The lowest BCUT2D eigenvalue weighted by Crippen LogP contribution is -2.50. The summed E-state index contributed by atoms with van der Waals surface area (Å²) in [5, 5.41) is 11.0. The quantitative estimate of drug-likeness (QED) is 0.229. The van der Waals surface area contributed by atoms with Crippen LogP contribution in [0.2, 0.25) is 0 Å². The van der Waals surface area contributed by atoms with E-state index in [2.05, 4.69) is 45.6 Å². The molecule has 1 saturated carbocycles. The van der Waals surface area contributed by atoms with Crippen molar-refractivity contribution in [2.45, 2.75) is 77.3 Å². The lowest BCUT2D eigenvalue weighted by atomic mass is 9.83. The number of carbonyl (C=O) groups is 2. The number of carbonyl (C=O) groups excluding carboxylic acids is 1. The summed E-state index contributed by atoms with van der Waals surface area (Å²) >= 11 is 3.08. The Morgan fingerprint density at radius 1 is 0.933 bits per heavy atom. The fourth-order valence-electron chi connectivity index (χ4n) is 7.74. The number of thiophene rings is 1. The van der Waals surface area contributed by atoms with Gasteiger partial charge in [-0.05, 0) is 68.2 Å². The van der Waals surface area contributed by atoms with Crippen LogP contribution in [-0.2, 0) is 16.1 Å². The summed E-state index contributed by atoms with van der Waals surface area (Å²) in [5.74, 6) is -0.447. The number of thiazole rings is 1. The van der Waals surface area contributed by atoms with Gasteiger partial charge < -0.3 is 19.3 Å². The third kappa shape index (κ3) is 6.10. The molecule has 8 nitrogen and oxygen atoms in total. The number of rotatable bonds is 7. The number of morpholine rings is 1. The highest BCUT2D eigenvalue weighted by Crippen LogP contribution is 2.47. The molecule has 0 bridgehead atoms. The van der Waals surface area contributed by atoms with Gasteiger partial charge in [-0.1, -0.05) is 43.5 Å². The molecule has 4 aromatic rings. The third-order valence-electron chi connectivity index (χ3n) is 9.99. The maximum atomic E-state index is 14.0. The molecule has 3 aromatic heterocycles. The molecular weight excluding hydrogens is 605 g/mol. The number of nitrogens with zero attached hydrogens (tertiary/aromatic N) is 4. The number of fused-ring (bicyclic) bond motifs is 1. The number of ether oxygens (including phenoxy) is 1. The first-order valence-electron chi connectivity index (χ1n) is 16.4. The number of benzene rings is 1. The number of piperidine rings is 1. The molecule has 5 heterocycles. The summed E-state index contributed by atoms with van der Waals surface area (Å²) in [4.78, 5) is 36.9. The molecule has 7 rings (SSSR count). The molecule has 0 atom stereocenters. The van der Waals surface area contributed by atoms with Crippen LogP contribution in [0.5, 0.6) is 0 Å². The zero-order valence-electron chi connectivity index (χ0n) is 26.2. The maximum Gasteiger partial charge on any atom is 0.345 e. The van der Waals surface area contributed by atoms with E-state index < -0.39 is 5.97 Å². The molecule has 0 unspecified atom stereocenters. The van der Waals surface area contributed by atoms with Crippen molar-refractivity contribution in [3.63, 3.8) is 0 Å². The molecule has 2 saturated heterocycles. The molecule has 3 fully saturated rings. The largest absolute Gasteiger partial charge is 0.477 e. The topological polar surface area (TPSA) is 87.9 Å². The number of carboxylic acids is 1. The smallest absolute Gasteiger partial charge is 0.345 e. The third-order valence-corrected chi connectivity index (χ3v) is 12.3. The number of likely N-dealkylation sites (tertiary alicyclic amines) is 1. The van der Waals surface area contributed by atoms with Crippen LogP contribution in [0.4, 0.5) is 0 Å². The second kappa shape index (κ2) is 13.0. The van der Waals surface area contributed by atoms with Gasteiger partial charge in [-0.15, -0.1) is 22.7 Å². The second-order valence-electron chi connectivity index (χ2n) is 12.8. The molecule has 1 aliphatic carbocycles. The molecule has 1 amide bonds. The van der Waals surface area contributed by atoms with Crippen molar-refractivity contribution >= 4 is 44.8 Å². The van der Waals surface area contributed by atoms with Gasteiger partial charge in [-0.25, -0.2) is 9.78 Å². The Morgan fingerprint density at radius 3 is 2.27 bits per heavy atom. The van der Waals surface area contributed by atoms with E-state index >= 15 is 0 Å². The summed E-state index contributed by atoms with van der Waals surface area (Å²) in [6, 6.07) is 11.0. The van der Waals surface area contributed by atoms with Crippen molar-refractivity contribution in [2.75, 3.05) is 39.4 Å². The minimum atomic E-state index is -0.907. The van der Waals surface area contributed by atoms with Crippen LogP contribution in [0.25, 0.3) is 31.9 Å². The number of hydrogen-bond acceptors (Lipinski definition) is 7. The predicted octanol–water partition coefficient (Wildman–Crippen LogP) is 7.18. The van der Waals surface area contributed by atoms with E-state index in [0.29, 0.717) is 16.8 Å². The van der Waals surface area contributed by atoms with Crippen LogP contribution < -0.4 is 0 Å². The van der Waals surface area contributed by atoms with E-state index in [4.69, 9.17) is 4.74 Å². The number of amides is 1. The fourth-order valence-corrected chi connectivity index (χ4v) is 9.79. The molecule has 45 heavy (non-hydrogen) atoms. The molecule has 2 aliphatic heterocycles. The SMILES string of the molecule is Cc1nc(C)c(-c2ccc(-c3c(C4CCCCC4)c4sc(C(=O)O)cc4n3CC(=O)N3CCC(N4CCOCC4)CC3)cc2)s1. The number of aromatic carboxylic acids is 1. The lowest BCUT2D eigenvalue weighted by molar-refractivity contribution is -0.133. The Morgan fingerprint density at radius 2 is 1.62 bits per heavy atom. The van der Waals surface area contributed by atoms with E-state index in [1.807, 2.05) is 11.8 Å². The summed E-state index contributed by atoms with van der Waals surface area (Å²) < 4.78 is 8.73. The Labute approximate surface area is 272 Å². The minimum absolute atomic E-state index is 0.110. The normalized spacial score (nSPS) is 19.0. The molecule has 1 N–H and O–H groups in total. The number of carboxylic acid groups (broad SMARTS) is 1. The van der Waals surface area contributed by atoms with Gasteiger partial charge in [-0.3, -0.25) is 9.69 Å². The molecule has 10 heteroatoms. The first-order valence-corrected chi connectivity index (χ1v) is 18.0. The van der Waals surface area contributed by atoms with E-state index in [1.54, 1.807) is 17.4 Å². The second-order valence-corrected chi connectivity index (χ2v) is 15.1. The maximum absolute atomic E-state index is 14.0. The molecule has 1 aromatic carbocycles. The average Bonchev–Trinajstić information content (AvgIpc) is 3.74. The highest BCUT2D eigenvalue weighted by molar-refractivity contribution is 7.21. The Kier molecular flexibility index (Phi) is 8.83. The number of hydrogen-bond donors (Lipinski definition) is 1. The molecule has 0 radical (unpaired) electrons. The van der Waals surface area contributed by atoms with Gasteiger partial charge in [0.2, 0.25) is 5.91 Å². The molecule has 238 valence electrons. The van der Waals surface area contributed by atoms with Gasteiger partial charge in [0.05, 0.1) is 44.7 Å². The number of aromatic nitrogens is 2. The van der Waals surface area contributed by atoms with E-state index in [9.17, 15) is 14.7 Å². The predicted molar refractivity (Wildman–Crippen MR) is 181 cm³/mol. The van der Waals surface area contributed by atoms with Crippen LogP contribution in [0, 0.1) is 13.8 Å². The summed E-state index contributed by atoms with van der Waals surface area (Å²) in [6.45, 7) is 9.34. The standard InChI is InChI=1S/C35H42N4O4S2/c1-22-33(44-23(2)36-22)26-10-8-25(9-11-26)32-31(24-6-4-3-5-7-24)34-28(20-29(45-34)35(41)42)39(32)21-30(40)38-14-12-27(13-15-38)37-16-18-43-19-17-37/h8-11,20,24,27H,3-7,12-19,21H2,1-2H3,(H,41,42). The van der Waals surface area contributed by atoms with Crippen molar-refractivity contribution in [3.8, 4) is 21.7 Å². The van der Waals surface area contributed by atoms with Crippen molar-refractivity contribution in [2.24, 2.45) is 0 Å². The van der Waals surface area contributed by atoms with Crippen molar-refractivity contribution in [1.82, 2.24) is 19.4 Å². The first kappa shape index (κ1) is 30.6. The average molecular weight is 647 g/mol. The van der Waals surface area contributed by atoms with Gasteiger partial charge in [0.25, 0.3) is 0 Å². The summed E-state index contributed by atoms with van der Waals surface area (Å²) in [6.07, 6.45) is 7.72. The highest BCUT2D eigenvalue weighted by atomic mass is 32.1. The van der Waals surface area contributed by atoms with Gasteiger partial charge >= 0.3 is 5.97 Å². The first-order chi connectivity index (χ1) is 21.9. The lowest BCUT2D eigenvalue weighted by Gasteiger charge is -2.40. The van der Waals surface area contributed by atoms with E-state index in [0.717, 1.165) is 103 Å². The molecule has 3 aliphatic rings. The minimum Gasteiger partial charge on any atom is -0.477 e. The highest BCUT2D eigenvalue weighted by Gasteiger charge is 2.32. The van der Waals surface area contributed by atoms with Crippen LogP contribution in [-0.4, -0.2) is 81.8 Å². The van der Waals surface area contributed by atoms with Gasteiger partial charge in [0.15, 0.2) is 0 Å². The molecule has 0 spiro atoms. The monoisotopic (exact) mass is 646 g/mol. The van der Waals surface area contributed by atoms with Gasteiger partial charge in [0, 0.05) is 32.2 Å². The summed E-state index contributed by atoms with van der Waals surface area (Å²) in [5.41, 5.74) is 6.47. The van der Waals surface area contributed by atoms with Crippen LogP contribution >= 0.6 is 22.7 Å². The van der Waals surface area contributed by atoms with Gasteiger partial charge in [0.1, 0.15) is 11.4 Å². The zero-order chi connectivity index (χ0) is 31.1. The van der Waals surface area contributed by atoms with Crippen LogP contribution in [0.3, 0.4) is 0 Å². The molecular formula is C35H42N4O4S2. The zero-order valence-corrected chi connectivity index (χ0v) is 27.9. The van der Waals surface area contributed by atoms with E-state index in [1.165, 1.54) is 41.0 Å². The van der Waals surface area contributed by atoms with Crippen molar-refractivity contribution < 1.29 is 19.4 Å². The Balaban J connectivity index is 1.25. The Hall–Kier alpha value is -3.05. The number of aryl methyl sites for hydroxylation is 2. The fraction of sp³-hybridized carbons (Fsp3) is 0.514. The van der Waals surface area contributed by atoms with Crippen LogP contribution in [0.15, 0.2) is 30.3 Å². The van der Waals surface area contributed by atoms with Crippen molar-refractivity contribution in [3.05, 3.63) is 51.5 Å². The van der Waals surface area contributed by atoms with Crippen LogP contribution in [0.1, 0.15) is 76.8 Å². The summed E-state index contributed by atoms with van der Waals surface area (Å²) in [7, 11) is 0.